The molecule has 2 aromatic rings. The molecular weight excluding hydrogens is 366 g/mol. The number of nitro benzene ring substituents is 1. The first kappa shape index (κ1) is 17.8. The predicted octanol–water partition coefficient (Wildman–Crippen LogP) is 2.22. The molecule has 0 amide bonds. The molecule has 9 nitrogen and oxygen atoms in total. The van der Waals surface area contributed by atoms with Gasteiger partial charge in [0, 0.05) is 6.07 Å². The van der Waals surface area contributed by atoms with Gasteiger partial charge in [0.05, 0.1) is 9.82 Å². The Kier molecular flexibility index (Phi) is 4.62. The molecule has 0 aliphatic carbocycles. The maximum absolute atomic E-state index is 12.3. The summed E-state index contributed by atoms with van der Waals surface area (Å²) < 4.78 is 40.3. The molecular formula is C16H13NO8S. The number of rotatable bonds is 5. The molecule has 10 heteroatoms. The molecule has 0 N–H and O–H groups in total. The predicted molar refractivity (Wildman–Crippen MR) is 87.8 cm³/mol. The van der Waals surface area contributed by atoms with Crippen LogP contribution in [0.15, 0.2) is 41.3 Å². The Labute approximate surface area is 148 Å². The van der Waals surface area contributed by atoms with Gasteiger partial charge < -0.3 is 9.47 Å². The Morgan fingerprint density at radius 2 is 1.92 bits per heavy atom. The van der Waals surface area contributed by atoms with Gasteiger partial charge in [0.25, 0.3) is 22.1 Å². The number of nitro groups is 1. The van der Waals surface area contributed by atoms with Gasteiger partial charge in [-0.15, -0.1) is 0 Å². The van der Waals surface area contributed by atoms with Crippen molar-refractivity contribution in [1.82, 2.24) is 0 Å². The van der Waals surface area contributed by atoms with Crippen LogP contribution in [0.3, 0.4) is 0 Å². The van der Waals surface area contributed by atoms with Crippen LogP contribution in [0.25, 0.3) is 0 Å². The highest BCUT2D eigenvalue weighted by Gasteiger charge is 2.32. The zero-order chi connectivity index (χ0) is 18.9. The number of carbonyl (C=O) groups is 1. The molecule has 0 saturated carbocycles. The first-order chi connectivity index (χ1) is 12.3. The molecule has 0 aromatic heterocycles. The summed E-state index contributed by atoms with van der Waals surface area (Å²) in [6.07, 6.45) is -1.15. The topological polar surface area (TPSA) is 122 Å². The van der Waals surface area contributed by atoms with Crippen LogP contribution in [-0.2, 0) is 14.3 Å². The molecule has 26 heavy (non-hydrogen) atoms. The van der Waals surface area contributed by atoms with Gasteiger partial charge >= 0.3 is 0 Å². The third-order valence-corrected chi connectivity index (χ3v) is 4.94. The van der Waals surface area contributed by atoms with E-state index < -0.39 is 27.0 Å². The maximum atomic E-state index is 12.3. The van der Waals surface area contributed by atoms with Crippen molar-refractivity contribution in [3.8, 4) is 11.5 Å². The molecule has 0 radical (unpaired) electrons. The summed E-state index contributed by atoms with van der Waals surface area (Å²) in [7, 11) is -4.15. The SMILES string of the molecule is Cc1ccc(S(=O)(=O)OC2COc3ccc([N+](=O)[O-])c(C=O)c3O2)cc1. The van der Waals surface area contributed by atoms with Crippen molar-refractivity contribution < 1.29 is 31.8 Å². The van der Waals surface area contributed by atoms with E-state index in [4.69, 9.17) is 13.7 Å². The first-order valence-corrected chi connectivity index (χ1v) is 8.78. The summed E-state index contributed by atoms with van der Waals surface area (Å²) >= 11 is 0. The van der Waals surface area contributed by atoms with Crippen molar-refractivity contribution in [3.63, 3.8) is 0 Å². The quantitative estimate of drug-likeness (QED) is 0.335. The lowest BCUT2D eigenvalue weighted by molar-refractivity contribution is -0.385. The minimum Gasteiger partial charge on any atom is -0.483 e. The van der Waals surface area contributed by atoms with Crippen LogP contribution in [0.5, 0.6) is 11.5 Å². The van der Waals surface area contributed by atoms with E-state index >= 15 is 0 Å². The maximum Gasteiger partial charge on any atom is 0.300 e. The van der Waals surface area contributed by atoms with Crippen LogP contribution in [0.1, 0.15) is 15.9 Å². The second kappa shape index (κ2) is 6.73. The highest BCUT2D eigenvalue weighted by Crippen LogP contribution is 2.39. The van der Waals surface area contributed by atoms with Crippen LogP contribution >= 0.6 is 0 Å². The van der Waals surface area contributed by atoms with E-state index in [2.05, 4.69) is 0 Å². The van der Waals surface area contributed by atoms with Crippen molar-refractivity contribution in [3.05, 3.63) is 57.6 Å². The van der Waals surface area contributed by atoms with Gasteiger partial charge in [-0.2, -0.15) is 8.42 Å². The highest BCUT2D eigenvalue weighted by molar-refractivity contribution is 7.86. The van der Waals surface area contributed by atoms with Gasteiger partial charge in [-0.1, -0.05) is 17.7 Å². The van der Waals surface area contributed by atoms with Crippen LogP contribution < -0.4 is 9.47 Å². The fraction of sp³-hybridized carbons (Fsp3) is 0.188. The fourth-order valence-corrected chi connectivity index (χ4v) is 3.31. The number of hydrogen-bond acceptors (Lipinski definition) is 8. The number of ether oxygens (including phenoxy) is 2. The third-order valence-electron chi connectivity index (χ3n) is 3.62. The van der Waals surface area contributed by atoms with Crippen molar-refractivity contribution in [1.29, 1.82) is 0 Å². The standard InChI is InChI=1S/C16H13NO8S/c1-10-2-4-11(5-3-10)26(21,22)25-15-9-23-14-7-6-13(17(19)20)12(8-18)16(14)24-15/h2-8,15H,9H2,1H3. The zero-order valence-corrected chi connectivity index (χ0v) is 14.3. The first-order valence-electron chi connectivity index (χ1n) is 7.38. The second-order valence-electron chi connectivity index (χ2n) is 5.42. The average Bonchev–Trinajstić information content (AvgIpc) is 2.60. The van der Waals surface area contributed by atoms with Gasteiger partial charge in [-0.25, -0.2) is 4.18 Å². The Hall–Kier alpha value is -2.98. The fourth-order valence-electron chi connectivity index (χ4n) is 2.35. The van der Waals surface area contributed by atoms with Gasteiger partial charge in [0.2, 0.25) is 0 Å². The number of hydrogen-bond donors (Lipinski definition) is 0. The molecule has 0 saturated heterocycles. The molecule has 0 spiro atoms. The minimum absolute atomic E-state index is 0.0767. The monoisotopic (exact) mass is 379 g/mol. The van der Waals surface area contributed by atoms with Gasteiger partial charge in [0.1, 0.15) is 5.56 Å². The summed E-state index contributed by atoms with van der Waals surface area (Å²) in [5, 5.41) is 11.0. The Balaban J connectivity index is 1.88. The number of aldehydes is 1. The number of carbonyl (C=O) groups excluding carboxylic acids is 1. The van der Waals surface area contributed by atoms with Crippen LogP contribution in [-0.4, -0.2) is 32.5 Å². The lowest BCUT2D eigenvalue weighted by atomic mass is 10.1. The lowest BCUT2D eigenvalue weighted by Crippen LogP contribution is -2.34. The summed E-state index contributed by atoms with van der Waals surface area (Å²) in [5.74, 6) is -0.144. The molecule has 0 fully saturated rings. The summed E-state index contributed by atoms with van der Waals surface area (Å²) in [6.45, 7) is 1.54. The third kappa shape index (κ3) is 3.37. The van der Waals surface area contributed by atoms with Gasteiger partial charge in [0.15, 0.2) is 24.4 Å². The van der Waals surface area contributed by atoms with E-state index in [1.807, 2.05) is 0 Å². The average molecular weight is 379 g/mol. The van der Waals surface area contributed by atoms with E-state index in [0.717, 1.165) is 11.6 Å². The van der Waals surface area contributed by atoms with Crippen molar-refractivity contribution in [2.24, 2.45) is 0 Å². The molecule has 1 aliphatic rings. The van der Waals surface area contributed by atoms with E-state index in [1.54, 1.807) is 19.1 Å². The Morgan fingerprint density at radius 3 is 2.54 bits per heavy atom. The number of fused-ring (bicyclic) bond motifs is 1. The summed E-state index contributed by atoms with van der Waals surface area (Å²) in [4.78, 5) is 21.4. The zero-order valence-electron chi connectivity index (χ0n) is 13.4. The van der Waals surface area contributed by atoms with Crippen LogP contribution in [0, 0.1) is 17.0 Å². The Morgan fingerprint density at radius 1 is 1.23 bits per heavy atom. The van der Waals surface area contributed by atoms with Crippen molar-refractivity contribution in [2.75, 3.05) is 6.61 Å². The highest BCUT2D eigenvalue weighted by atomic mass is 32.2. The number of nitrogens with zero attached hydrogens (tertiary/aromatic N) is 1. The van der Waals surface area contributed by atoms with E-state index in [9.17, 15) is 23.3 Å². The molecule has 1 heterocycles. The Bertz CT molecular complexity index is 968. The second-order valence-corrected chi connectivity index (χ2v) is 6.99. The largest absolute Gasteiger partial charge is 0.483 e. The van der Waals surface area contributed by atoms with Gasteiger partial charge in [-0.3, -0.25) is 14.9 Å². The molecule has 136 valence electrons. The number of benzene rings is 2. The van der Waals surface area contributed by atoms with Gasteiger partial charge in [-0.05, 0) is 25.1 Å². The van der Waals surface area contributed by atoms with E-state index in [0.29, 0.717) is 0 Å². The van der Waals surface area contributed by atoms with Crippen molar-refractivity contribution in [2.45, 2.75) is 18.1 Å². The molecule has 1 atom stereocenters. The van der Waals surface area contributed by atoms with E-state index in [-0.39, 0.29) is 34.9 Å². The summed E-state index contributed by atoms with van der Waals surface area (Å²) in [6, 6.07) is 8.35. The van der Waals surface area contributed by atoms with Crippen molar-refractivity contribution >= 4 is 22.1 Å². The smallest absolute Gasteiger partial charge is 0.300 e. The molecule has 3 rings (SSSR count). The molecule has 1 aliphatic heterocycles. The van der Waals surface area contributed by atoms with Crippen LogP contribution in [0.4, 0.5) is 5.69 Å². The molecule has 0 bridgehead atoms. The van der Waals surface area contributed by atoms with E-state index in [1.165, 1.54) is 18.2 Å². The normalized spacial score (nSPS) is 16.1. The number of aryl methyl sites for hydroxylation is 1. The molecule has 2 aromatic carbocycles. The summed E-state index contributed by atoms with van der Waals surface area (Å²) in [5.41, 5.74) is 0.0380. The lowest BCUT2D eigenvalue weighted by Gasteiger charge is -2.26. The minimum atomic E-state index is -4.15. The van der Waals surface area contributed by atoms with Crippen LogP contribution in [0.2, 0.25) is 0 Å². The molecule has 1 unspecified atom stereocenters.